The van der Waals surface area contributed by atoms with Crippen molar-refractivity contribution < 1.29 is 8.42 Å². The predicted octanol–water partition coefficient (Wildman–Crippen LogP) is 2.25. The molecule has 0 saturated heterocycles. The van der Waals surface area contributed by atoms with Crippen LogP contribution in [0.4, 0.5) is 0 Å². The fourth-order valence-corrected chi connectivity index (χ4v) is 6.55. The van der Waals surface area contributed by atoms with Gasteiger partial charge in [-0.1, -0.05) is 20.8 Å². The smallest absolute Gasteiger partial charge is 0.153 e. The molecule has 0 radical (unpaired) electrons. The lowest BCUT2D eigenvalue weighted by molar-refractivity contribution is -0.0743. The monoisotopic (exact) mass is 216 g/mol. The molecule has 0 amide bonds. The molecule has 0 aliphatic heterocycles. The molecule has 3 saturated carbocycles. The molecule has 3 fully saturated rings. The van der Waals surface area contributed by atoms with E-state index in [1.165, 1.54) is 12.7 Å². The third-order valence-corrected chi connectivity index (χ3v) is 7.49. The van der Waals surface area contributed by atoms with E-state index in [-0.39, 0.29) is 5.41 Å². The second kappa shape index (κ2) is 2.55. The fraction of sp³-hybridized carbons (Fsp3) is 1.00. The third-order valence-electron chi connectivity index (χ3n) is 5.07. The van der Waals surface area contributed by atoms with Crippen molar-refractivity contribution in [1.29, 1.82) is 0 Å². The lowest BCUT2D eigenvalue weighted by atomic mass is 9.45. The second-order valence-electron chi connectivity index (χ2n) is 5.76. The summed E-state index contributed by atoms with van der Waals surface area (Å²) in [5.41, 5.74) is -0.00174. The van der Waals surface area contributed by atoms with Crippen LogP contribution in [0.5, 0.6) is 0 Å². The highest BCUT2D eigenvalue weighted by atomic mass is 32.2. The van der Waals surface area contributed by atoms with Crippen LogP contribution >= 0.6 is 0 Å². The normalized spacial score (nSPS) is 45.7. The molecule has 3 unspecified atom stereocenters. The summed E-state index contributed by atoms with van der Waals surface area (Å²) in [6, 6.07) is 0. The first-order chi connectivity index (χ1) is 6.23. The van der Waals surface area contributed by atoms with Crippen molar-refractivity contribution in [1.82, 2.24) is 0 Å². The van der Waals surface area contributed by atoms with Crippen LogP contribution in [0.15, 0.2) is 0 Å². The molecule has 3 rings (SSSR count). The first-order valence-electron chi connectivity index (χ1n) is 5.43. The van der Waals surface area contributed by atoms with Gasteiger partial charge in [0.25, 0.3) is 0 Å². The van der Waals surface area contributed by atoms with Gasteiger partial charge in [0.1, 0.15) is 0 Å². The van der Waals surface area contributed by atoms with Gasteiger partial charge in [0.15, 0.2) is 9.84 Å². The van der Waals surface area contributed by atoms with Crippen LogP contribution in [-0.4, -0.2) is 19.4 Å². The summed E-state index contributed by atoms with van der Waals surface area (Å²) in [7, 11) is -2.92. The molecule has 0 aromatic heterocycles. The molecule has 2 nitrogen and oxygen atoms in total. The Morgan fingerprint density at radius 3 is 2.07 bits per heavy atom. The van der Waals surface area contributed by atoms with E-state index in [0.29, 0.717) is 11.8 Å². The quantitative estimate of drug-likeness (QED) is 0.673. The van der Waals surface area contributed by atoms with Crippen LogP contribution in [0.3, 0.4) is 0 Å². The molecule has 3 heteroatoms. The van der Waals surface area contributed by atoms with Gasteiger partial charge in [-0.2, -0.15) is 0 Å². The van der Waals surface area contributed by atoms with Crippen LogP contribution in [0.1, 0.15) is 40.0 Å². The molecule has 14 heavy (non-hydrogen) atoms. The highest BCUT2D eigenvalue weighted by Gasteiger charge is 2.69. The SMILES string of the molecule is CC1CCC2CC1(S(C)(=O)=O)C2(C)C. The van der Waals surface area contributed by atoms with Crippen LogP contribution in [0, 0.1) is 17.3 Å². The molecule has 2 bridgehead atoms. The topological polar surface area (TPSA) is 34.1 Å². The van der Waals surface area contributed by atoms with Gasteiger partial charge in [-0.25, -0.2) is 8.42 Å². The second-order valence-corrected chi connectivity index (χ2v) is 8.04. The van der Waals surface area contributed by atoms with Gasteiger partial charge in [0.05, 0.1) is 4.75 Å². The average molecular weight is 216 g/mol. The van der Waals surface area contributed by atoms with Crippen molar-refractivity contribution in [2.75, 3.05) is 6.26 Å². The molecule has 0 heterocycles. The van der Waals surface area contributed by atoms with E-state index < -0.39 is 14.6 Å². The highest BCUT2D eigenvalue weighted by Crippen LogP contribution is 2.67. The Balaban J connectivity index is 2.52. The number of rotatable bonds is 1. The zero-order valence-corrected chi connectivity index (χ0v) is 10.3. The fourth-order valence-electron chi connectivity index (χ4n) is 4.08. The molecule has 0 aromatic rings. The Morgan fingerprint density at radius 2 is 1.79 bits per heavy atom. The predicted molar refractivity (Wildman–Crippen MR) is 57.9 cm³/mol. The van der Waals surface area contributed by atoms with Crippen LogP contribution in [-0.2, 0) is 9.84 Å². The van der Waals surface area contributed by atoms with Gasteiger partial charge in [0, 0.05) is 6.26 Å². The Kier molecular flexibility index (Phi) is 1.90. The number of hydrogen-bond donors (Lipinski definition) is 0. The van der Waals surface area contributed by atoms with E-state index in [2.05, 4.69) is 20.8 Å². The van der Waals surface area contributed by atoms with Gasteiger partial charge >= 0.3 is 0 Å². The molecule has 0 N–H and O–H groups in total. The standard InChI is InChI=1S/C11H20O2S/c1-8-5-6-9-7-11(8,10(9,2)3)14(4,12)13/h8-9H,5-7H2,1-4H3. The number of sulfone groups is 1. The maximum atomic E-state index is 12.0. The van der Waals surface area contributed by atoms with E-state index in [0.717, 1.165) is 12.8 Å². The van der Waals surface area contributed by atoms with Crippen molar-refractivity contribution in [2.24, 2.45) is 17.3 Å². The number of hydrogen-bond acceptors (Lipinski definition) is 2. The molecular formula is C11H20O2S. The zero-order chi connectivity index (χ0) is 10.8. The average Bonchev–Trinajstić information content (AvgIpc) is 2.01. The third kappa shape index (κ3) is 0.898. The van der Waals surface area contributed by atoms with E-state index in [4.69, 9.17) is 0 Å². The summed E-state index contributed by atoms with van der Waals surface area (Å²) >= 11 is 0. The zero-order valence-electron chi connectivity index (χ0n) is 9.50. The minimum absolute atomic E-state index is 0.00174. The summed E-state index contributed by atoms with van der Waals surface area (Å²) < 4.78 is 23.5. The summed E-state index contributed by atoms with van der Waals surface area (Å²) in [5.74, 6) is 0.964. The van der Waals surface area contributed by atoms with Crippen molar-refractivity contribution >= 4 is 9.84 Å². The van der Waals surface area contributed by atoms with E-state index in [1.807, 2.05) is 0 Å². The van der Waals surface area contributed by atoms with Crippen LogP contribution in [0.25, 0.3) is 0 Å². The Bertz CT molecular complexity index is 355. The van der Waals surface area contributed by atoms with E-state index in [9.17, 15) is 8.42 Å². The van der Waals surface area contributed by atoms with E-state index >= 15 is 0 Å². The molecule has 0 aromatic carbocycles. The Labute approximate surface area is 87.0 Å². The molecule has 0 spiro atoms. The maximum Gasteiger partial charge on any atom is 0.153 e. The summed E-state index contributed by atoms with van der Waals surface area (Å²) in [4.78, 5) is 0. The molecule has 3 aliphatic carbocycles. The lowest BCUT2D eigenvalue weighted by Crippen LogP contribution is -2.70. The van der Waals surface area contributed by atoms with Crippen molar-refractivity contribution in [3.05, 3.63) is 0 Å². The van der Waals surface area contributed by atoms with E-state index in [1.54, 1.807) is 0 Å². The van der Waals surface area contributed by atoms with Crippen molar-refractivity contribution in [2.45, 2.75) is 44.8 Å². The first-order valence-corrected chi connectivity index (χ1v) is 7.32. The van der Waals surface area contributed by atoms with Crippen LogP contribution in [0.2, 0.25) is 0 Å². The molecule has 82 valence electrons. The van der Waals surface area contributed by atoms with Gasteiger partial charge in [-0.15, -0.1) is 0 Å². The van der Waals surface area contributed by atoms with Gasteiger partial charge in [0.2, 0.25) is 0 Å². The minimum Gasteiger partial charge on any atom is -0.229 e. The molecule has 3 aliphatic rings. The van der Waals surface area contributed by atoms with Gasteiger partial charge in [-0.3, -0.25) is 0 Å². The summed E-state index contributed by atoms with van der Waals surface area (Å²) in [6.45, 7) is 6.38. The first kappa shape index (κ1) is 10.5. The Morgan fingerprint density at radius 1 is 1.21 bits per heavy atom. The minimum atomic E-state index is -2.92. The highest BCUT2D eigenvalue weighted by molar-refractivity contribution is 7.92. The van der Waals surface area contributed by atoms with Crippen LogP contribution < -0.4 is 0 Å². The molecular weight excluding hydrogens is 196 g/mol. The van der Waals surface area contributed by atoms with Gasteiger partial charge in [-0.05, 0) is 36.5 Å². The lowest BCUT2D eigenvalue weighted by Gasteiger charge is -2.67. The Hall–Kier alpha value is -0.0500. The summed E-state index contributed by atoms with van der Waals surface area (Å²) in [6.07, 6.45) is 4.62. The largest absolute Gasteiger partial charge is 0.229 e. The number of fused-ring (bicyclic) bond motifs is 2. The summed E-state index contributed by atoms with van der Waals surface area (Å²) in [5, 5.41) is 0. The molecule has 3 atom stereocenters. The van der Waals surface area contributed by atoms with Crippen molar-refractivity contribution in [3.63, 3.8) is 0 Å². The maximum absolute atomic E-state index is 12.0. The van der Waals surface area contributed by atoms with Gasteiger partial charge < -0.3 is 0 Å². The van der Waals surface area contributed by atoms with Crippen molar-refractivity contribution in [3.8, 4) is 0 Å².